The molecule has 1 aliphatic heterocycles. The number of thioether (sulfide) groups is 1. The van der Waals surface area contributed by atoms with Gasteiger partial charge in [0.2, 0.25) is 0 Å². The molecule has 0 aromatic heterocycles. The molecule has 0 amide bonds. The van der Waals surface area contributed by atoms with Crippen LogP contribution in [-0.2, 0) is 6.42 Å². The first-order valence-electron chi connectivity index (χ1n) is 6.83. The second kappa shape index (κ2) is 6.94. The summed E-state index contributed by atoms with van der Waals surface area (Å²) < 4.78 is 13.4. The van der Waals surface area contributed by atoms with E-state index in [1.165, 1.54) is 12.5 Å². The maximum Gasteiger partial charge on any atom is 0.156 e. The molecule has 1 unspecified atom stereocenters. The molecule has 0 radical (unpaired) electrons. The van der Waals surface area contributed by atoms with Crippen molar-refractivity contribution < 1.29 is 4.39 Å². The molecule has 0 fully saturated rings. The molecule has 1 heterocycles. The molecule has 2 nitrogen and oxygen atoms in total. The second-order valence-electron chi connectivity index (χ2n) is 5.28. The number of nitrogens with one attached hydrogen (secondary N) is 1. The van der Waals surface area contributed by atoms with Crippen molar-refractivity contribution in [2.45, 2.75) is 31.9 Å². The molecular weight excluding hydrogens is 259 g/mol. The van der Waals surface area contributed by atoms with Crippen molar-refractivity contribution in [3.8, 4) is 0 Å². The van der Waals surface area contributed by atoms with E-state index < -0.39 is 0 Å². The van der Waals surface area contributed by atoms with Crippen molar-refractivity contribution in [1.29, 1.82) is 0 Å². The van der Waals surface area contributed by atoms with E-state index >= 15 is 0 Å². The third kappa shape index (κ3) is 4.53. The van der Waals surface area contributed by atoms with E-state index in [-0.39, 0.29) is 5.82 Å². The van der Waals surface area contributed by atoms with Crippen LogP contribution in [0.1, 0.15) is 25.8 Å². The maximum absolute atomic E-state index is 13.4. The second-order valence-corrected chi connectivity index (χ2v) is 6.57. The fourth-order valence-electron chi connectivity index (χ4n) is 2.17. The molecule has 1 aliphatic rings. The average molecular weight is 280 g/mol. The number of halogens is 1. The van der Waals surface area contributed by atoms with E-state index in [1.807, 2.05) is 23.9 Å². The Kier molecular flexibility index (Phi) is 5.25. The number of hydrogen-bond donors (Lipinski definition) is 1. The normalized spacial score (nSPS) is 18.7. The van der Waals surface area contributed by atoms with E-state index in [4.69, 9.17) is 0 Å². The summed E-state index contributed by atoms with van der Waals surface area (Å²) in [6.45, 7) is 6.13. The van der Waals surface area contributed by atoms with Gasteiger partial charge in [0.1, 0.15) is 5.82 Å². The monoisotopic (exact) mass is 280 g/mol. The Balaban J connectivity index is 1.71. The lowest BCUT2D eigenvalue weighted by molar-refractivity contribution is 0.575. The Hall–Kier alpha value is -1.03. The molecule has 1 N–H and O–H groups in total. The molecule has 0 aliphatic carbocycles. The van der Waals surface area contributed by atoms with Crippen molar-refractivity contribution in [2.75, 3.05) is 13.1 Å². The molecule has 0 saturated carbocycles. The van der Waals surface area contributed by atoms with Gasteiger partial charge in [-0.15, -0.1) is 0 Å². The summed E-state index contributed by atoms with van der Waals surface area (Å²) in [5.41, 5.74) is 0.761. The lowest BCUT2D eigenvalue weighted by Crippen LogP contribution is -2.22. The molecule has 1 aromatic carbocycles. The smallest absolute Gasteiger partial charge is 0.156 e. The summed E-state index contributed by atoms with van der Waals surface area (Å²) in [4.78, 5) is 4.50. The van der Waals surface area contributed by atoms with E-state index in [0.717, 1.165) is 23.8 Å². The van der Waals surface area contributed by atoms with E-state index in [2.05, 4.69) is 24.2 Å². The quantitative estimate of drug-likeness (QED) is 0.893. The van der Waals surface area contributed by atoms with Crippen LogP contribution in [-0.4, -0.2) is 23.5 Å². The molecule has 1 atom stereocenters. The molecule has 1 aromatic rings. The third-order valence-corrected chi connectivity index (χ3v) is 4.25. The fourth-order valence-corrected chi connectivity index (χ4v) is 3.45. The number of nitrogens with zero attached hydrogens (tertiary/aromatic N) is 1. The highest BCUT2D eigenvalue weighted by Crippen LogP contribution is 2.25. The highest BCUT2D eigenvalue weighted by Gasteiger charge is 2.20. The third-order valence-electron chi connectivity index (χ3n) is 3.08. The summed E-state index contributed by atoms with van der Waals surface area (Å²) in [5.74, 6) is 0.591. The van der Waals surface area contributed by atoms with Crippen molar-refractivity contribution in [3.63, 3.8) is 0 Å². The Morgan fingerprint density at radius 1 is 1.42 bits per heavy atom. The van der Waals surface area contributed by atoms with Gasteiger partial charge in [-0.3, -0.25) is 4.99 Å². The summed E-state index contributed by atoms with van der Waals surface area (Å²) in [5, 5.41) is 4.93. The maximum atomic E-state index is 13.4. The topological polar surface area (TPSA) is 24.4 Å². The zero-order chi connectivity index (χ0) is 13.7. The highest BCUT2D eigenvalue weighted by molar-refractivity contribution is 8.14. The molecule has 4 heteroatoms. The van der Waals surface area contributed by atoms with Gasteiger partial charge in [-0.05, 0) is 30.4 Å². The Morgan fingerprint density at radius 2 is 2.21 bits per heavy atom. The van der Waals surface area contributed by atoms with Gasteiger partial charge in [0.05, 0.1) is 6.54 Å². The van der Waals surface area contributed by atoms with Crippen LogP contribution in [0.2, 0.25) is 0 Å². The zero-order valence-electron chi connectivity index (χ0n) is 11.5. The minimum atomic E-state index is -0.122. The number of benzene rings is 1. The van der Waals surface area contributed by atoms with Gasteiger partial charge in [0.15, 0.2) is 5.17 Å². The van der Waals surface area contributed by atoms with Crippen LogP contribution in [0.5, 0.6) is 0 Å². The van der Waals surface area contributed by atoms with Gasteiger partial charge in [-0.25, -0.2) is 4.39 Å². The van der Waals surface area contributed by atoms with Crippen LogP contribution in [0, 0.1) is 11.7 Å². The van der Waals surface area contributed by atoms with Gasteiger partial charge < -0.3 is 5.32 Å². The van der Waals surface area contributed by atoms with Crippen LogP contribution in [0.25, 0.3) is 0 Å². The Bertz CT molecular complexity index is 446. The lowest BCUT2D eigenvalue weighted by atomic mass is 10.1. The average Bonchev–Trinajstić information content (AvgIpc) is 2.78. The van der Waals surface area contributed by atoms with Crippen molar-refractivity contribution >= 4 is 16.9 Å². The SMILES string of the molecule is CC(C)CC1CN=C(NCCc2ccccc2F)S1. The molecule has 0 bridgehead atoms. The minimum absolute atomic E-state index is 0.122. The summed E-state index contributed by atoms with van der Waals surface area (Å²) >= 11 is 1.82. The predicted molar refractivity (Wildman–Crippen MR) is 81.2 cm³/mol. The summed E-state index contributed by atoms with van der Waals surface area (Å²) in [7, 11) is 0. The van der Waals surface area contributed by atoms with Crippen LogP contribution in [0.4, 0.5) is 4.39 Å². The standard InChI is InChI=1S/C15H21FN2S/c1-11(2)9-13-10-18-15(19-13)17-8-7-12-5-3-4-6-14(12)16/h3-6,11,13H,7-10H2,1-2H3,(H,17,18). The first-order valence-corrected chi connectivity index (χ1v) is 7.71. The Morgan fingerprint density at radius 3 is 2.95 bits per heavy atom. The van der Waals surface area contributed by atoms with Crippen LogP contribution in [0.3, 0.4) is 0 Å². The molecule has 2 rings (SSSR count). The van der Waals surface area contributed by atoms with E-state index in [1.54, 1.807) is 6.07 Å². The van der Waals surface area contributed by atoms with Crippen molar-refractivity contribution in [1.82, 2.24) is 5.32 Å². The molecule has 0 saturated heterocycles. The van der Waals surface area contributed by atoms with E-state index in [0.29, 0.717) is 17.6 Å². The largest absolute Gasteiger partial charge is 0.365 e. The van der Waals surface area contributed by atoms with Crippen molar-refractivity contribution in [2.24, 2.45) is 10.9 Å². The molecule has 104 valence electrons. The number of hydrogen-bond acceptors (Lipinski definition) is 3. The predicted octanol–water partition coefficient (Wildman–Crippen LogP) is 3.48. The number of aliphatic imine (C=N–C) groups is 1. The van der Waals surface area contributed by atoms with Gasteiger partial charge in [0, 0.05) is 11.8 Å². The fraction of sp³-hybridized carbons (Fsp3) is 0.533. The van der Waals surface area contributed by atoms with Gasteiger partial charge >= 0.3 is 0 Å². The summed E-state index contributed by atoms with van der Waals surface area (Å²) in [6.07, 6.45) is 1.90. The first-order chi connectivity index (χ1) is 9.15. The van der Waals surface area contributed by atoms with Gasteiger partial charge in [-0.2, -0.15) is 0 Å². The van der Waals surface area contributed by atoms with Crippen LogP contribution < -0.4 is 5.32 Å². The Labute approximate surface area is 118 Å². The first kappa shape index (κ1) is 14.4. The number of rotatable bonds is 5. The number of amidine groups is 1. The highest BCUT2D eigenvalue weighted by atomic mass is 32.2. The zero-order valence-corrected chi connectivity index (χ0v) is 12.3. The molecular formula is C15H21FN2S. The minimum Gasteiger partial charge on any atom is -0.365 e. The van der Waals surface area contributed by atoms with Gasteiger partial charge in [-0.1, -0.05) is 43.8 Å². The van der Waals surface area contributed by atoms with E-state index in [9.17, 15) is 4.39 Å². The van der Waals surface area contributed by atoms with Gasteiger partial charge in [0.25, 0.3) is 0 Å². The lowest BCUT2D eigenvalue weighted by Gasteiger charge is -2.11. The van der Waals surface area contributed by atoms with Crippen LogP contribution >= 0.6 is 11.8 Å². The molecule has 0 spiro atoms. The van der Waals surface area contributed by atoms with Crippen molar-refractivity contribution in [3.05, 3.63) is 35.6 Å². The van der Waals surface area contributed by atoms with Crippen LogP contribution in [0.15, 0.2) is 29.3 Å². The summed E-state index contributed by atoms with van der Waals surface area (Å²) in [6, 6.07) is 6.94. The molecule has 19 heavy (non-hydrogen) atoms.